The molecular weight excluding hydrogens is 418 g/mol. The van der Waals surface area contributed by atoms with Crippen molar-refractivity contribution in [2.75, 3.05) is 25.1 Å². The van der Waals surface area contributed by atoms with Crippen LogP contribution < -0.4 is 10.6 Å². The molecule has 0 aromatic carbocycles. The molecule has 1 aromatic heterocycles. The molecule has 7 nitrogen and oxygen atoms in total. The van der Waals surface area contributed by atoms with Crippen LogP contribution >= 0.6 is 0 Å². The van der Waals surface area contributed by atoms with Crippen LogP contribution in [0.3, 0.4) is 0 Å². The number of nitrogens with one attached hydrogen (secondary N) is 2. The number of aryl methyl sites for hydroxylation is 2. The summed E-state index contributed by atoms with van der Waals surface area (Å²) in [5.41, 5.74) is 1.88. The summed E-state index contributed by atoms with van der Waals surface area (Å²) in [7, 11) is 0. The van der Waals surface area contributed by atoms with E-state index in [4.69, 9.17) is 9.72 Å². The van der Waals surface area contributed by atoms with Crippen LogP contribution in [-0.4, -0.2) is 47.8 Å². The number of carbonyl (C=O) groups excluding carboxylic acids is 1. The average molecular weight is 460 g/mol. The molecule has 3 rings (SSSR count). The zero-order valence-electron chi connectivity index (χ0n) is 20.3. The number of carbonyl (C=O) groups is 2. The Morgan fingerprint density at radius 3 is 2.67 bits per heavy atom. The lowest BCUT2D eigenvalue weighted by Gasteiger charge is -2.36. The molecule has 0 bridgehead atoms. The molecule has 1 amide bonds. The molecule has 7 heteroatoms. The summed E-state index contributed by atoms with van der Waals surface area (Å²) in [6.07, 6.45) is 10.5. The van der Waals surface area contributed by atoms with Gasteiger partial charge in [-0.1, -0.05) is 45.6 Å². The minimum absolute atomic E-state index is 0.158. The van der Waals surface area contributed by atoms with Crippen LogP contribution in [0, 0.1) is 11.3 Å². The third-order valence-corrected chi connectivity index (χ3v) is 7.31. The van der Waals surface area contributed by atoms with Gasteiger partial charge < -0.3 is 20.5 Å². The lowest BCUT2D eigenvalue weighted by atomic mass is 9.74. The second-order valence-corrected chi connectivity index (χ2v) is 10.1. The maximum absolute atomic E-state index is 12.9. The van der Waals surface area contributed by atoms with Crippen molar-refractivity contribution < 1.29 is 19.4 Å². The van der Waals surface area contributed by atoms with Crippen molar-refractivity contribution in [2.45, 2.75) is 90.5 Å². The van der Waals surface area contributed by atoms with Gasteiger partial charge in [0.25, 0.3) is 0 Å². The standard InChI is InChI=1S/C26H41N3O4/c1-26(2,20-14-17-33-18-15-20)25(32)29-22(24(30)31)11-7-5-3-4-6-10-21-13-12-19-9-8-16-27-23(19)28-21/h12-13,20,22H,3-11,14-18H2,1-2H3,(H,27,28)(H,29,32)(H,30,31)/t22-/m0/s1. The number of aliphatic carboxylic acids is 1. The Labute approximate surface area is 198 Å². The van der Waals surface area contributed by atoms with Gasteiger partial charge in [0, 0.05) is 30.9 Å². The molecule has 0 aliphatic carbocycles. The third-order valence-electron chi connectivity index (χ3n) is 7.31. The third kappa shape index (κ3) is 7.42. The van der Waals surface area contributed by atoms with E-state index in [2.05, 4.69) is 22.8 Å². The molecule has 0 radical (unpaired) electrons. The predicted molar refractivity (Wildman–Crippen MR) is 129 cm³/mol. The molecule has 184 valence electrons. The fraction of sp³-hybridized carbons (Fsp3) is 0.731. The van der Waals surface area contributed by atoms with Crippen LogP contribution in [0.25, 0.3) is 0 Å². The molecule has 1 aromatic rings. The zero-order valence-corrected chi connectivity index (χ0v) is 20.3. The van der Waals surface area contributed by atoms with Crippen molar-refractivity contribution in [1.82, 2.24) is 10.3 Å². The van der Waals surface area contributed by atoms with Crippen LogP contribution in [0.4, 0.5) is 5.82 Å². The van der Waals surface area contributed by atoms with E-state index in [0.29, 0.717) is 19.6 Å². The normalized spacial score (nSPS) is 17.6. The van der Waals surface area contributed by atoms with E-state index < -0.39 is 17.4 Å². The highest BCUT2D eigenvalue weighted by Gasteiger charge is 2.39. The first kappa shape index (κ1) is 25.5. The molecule has 1 atom stereocenters. The number of aromatic nitrogens is 1. The summed E-state index contributed by atoms with van der Waals surface area (Å²) in [5.74, 6) is 0.175. The number of ether oxygens (including phenoxy) is 1. The van der Waals surface area contributed by atoms with E-state index in [1.807, 2.05) is 13.8 Å². The van der Waals surface area contributed by atoms with Crippen LogP contribution in [0.5, 0.6) is 0 Å². The van der Waals surface area contributed by atoms with E-state index in [1.54, 1.807) is 0 Å². The van der Waals surface area contributed by atoms with Gasteiger partial charge in [-0.3, -0.25) is 4.79 Å². The summed E-state index contributed by atoms with van der Waals surface area (Å²) < 4.78 is 5.40. The molecule has 3 N–H and O–H groups in total. The Balaban J connectivity index is 1.33. The van der Waals surface area contributed by atoms with E-state index >= 15 is 0 Å². The lowest BCUT2D eigenvalue weighted by molar-refractivity contribution is -0.145. The fourth-order valence-electron chi connectivity index (χ4n) is 4.90. The smallest absolute Gasteiger partial charge is 0.326 e. The number of hydrogen-bond donors (Lipinski definition) is 3. The second-order valence-electron chi connectivity index (χ2n) is 10.1. The first-order valence-electron chi connectivity index (χ1n) is 12.7. The Morgan fingerprint density at radius 1 is 1.18 bits per heavy atom. The summed E-state index contributed by atoms with van der Waals surface area (Å²) in [5, 5.41) is 15.8. The van der Waals surface area contributed by atoms with Gasteiger partial charge in [-0.05, 0) is 62.5 Å². The van der Waals surface area contributed by atoms with Gasteiger partial charge in [-0.2, -0.15) is 0 Å². The van der Waals surface area contributed by atoms with Crippen LogP contribution in [0.2, 0.25) is 0 Å². The van der Waals surface area contributed by atoms with Gasteiger partial charge in [0.15, 0.2) is 0 Å². The molecule has 2 aliphatic heterocycles. The summed E-state index contributed by atoms with van der Waals surface area (Å²) in [4.78, 5) is 29.3. The molecule has 0 saturated carbocycles. The number of nitrogens with zero attached hydrogens (tertiary/aromatic N) is 1. The molecular formula is C26H41N3O4. The molecule has 2 aliphatic rings. The summed E-state index contributed by atoms with van der Waals surface area (Å²) in [6, 6.07) is 3.53. The first-order chi connectivity index (χ1) is 15.9. The first-order valence-corrected chi connectivity index (χ1v) is 12.7. The Morgan fingerprint density at radius 2 is 1.91 bits per heavy atom. The molecule has 3 heterocycles. The van der Waals surface area contributed by atoms with Gasteiger partial charge in [0.05, 0.1) is 0 Å². The van der Waals surface area contributed by atoms with Gasteiger partial charge in [0.1, 0.15) is 11.9 Å². The lowest BCUT2D eigenvalue weighted by Crippen LogP contribution is -2.49. The van der Waals surface area contributed by atoms with Crippen molar-refractivity contribution >= 4 is 17.7 Å². The number of rotatable bonds is 12. The van der Waals surface area contributed by atoms with Gasteiger partial charge in [-0.25, -0.2) is 9.78 Å². The molecule has 1 fully saturated rings. The summed E-state index contributed by atoms with van der Waals surface area (Å²) in [6.45, 7) is 6.19. The maximum Gasteiger partial charge on any atom is 0.326 e. The van der Waals surface area contributed by atoms with Crippen molar-refractivity contribution in [3.8, 4) is 0 Å². The SMILES string of the molecule is CC(C)(C(=O)N[C@@H](CCCCCCCc1ccc2c(n1)NCCC2)C(=O)O)C1CCOCC1. The van der Waals surface area contributed by atoms with Gasteiger partial charge >= 0.3 is 5.97 Å². The number of hydrogen-bond acceptors (Lipinski definition) is 5. The monoisotopic (exact) mass is 459 g/mol. The van der Waals surface area contributed by atoms with E-state index in [-0.39, 0.29) is 11.8 Å². The number of fused-ring (bicyclic) bond motifs is 1. The number of carboxylic acid groups (broad SMARTS) is 1. The topological polar surface area (TPSA) is 101 Å². The van der Waals surface area contributed by atoms with Crippen LogP contribution in [0.1, 0.15) is 82.9 Å². The number of anilines is 1. The highest BCUT2D eigenvalue weighted by atomic mass is 16.5. The van der Waals surface area contributed by atoms with Crippen LogP contribution in [-0.2, 0) is 27.2 Å². The van der Waals surface area contributed by atoms with Gasteiger partial charge in [-0.15, -0.1) is 0 Å². The van der Waals surface area contributed by atoms with E-state index in [1.165, 1.54) is 12.0 Å². The average Bonchev–Trinajstić information content (AvgIpc) is 2.82. The number of carboxylic acids is 1. The second kappa shape index (κ2) is 12.4. The molecule has 0 spiro atoms. The summed E-state index contributed by atoms with van der Waals surface area (Å²) >= 11 is 0. The quantitative estimate of drug-likeness (QED) is 0.402. The highest BCUT2D eigenvalue weighted by Crippen LogP contribution is 2.34. The van der Waals surface area contributed by atoms with E-state index in [9.17, 15) is 14.7 Å². The highest BCUT2D eigenvalue weighted by molar-refractivity contribution is 5.87. The maximum atomic E-state index is 12.9. The number of unbranched alkanes of at least 4 members (excludes halogenated alkanes) is 4. The van der Waals surface area contributed by atoms with Crippen molar-refractivity contribution in [3.63, 3.8) is 0 Å². The fourth-order valence-corrected chi connectivity index (χ4v) is 4.90. The molecule has 1 saturated heterocycles. The van der Waals surface area contributed by atoms with Crippen molar-refractivity contribution in [3.05, 3.63) is 23.4 Å². The molecule has 33 heavy (non-hydrogen) atoms. The van der Waals surface area contributed by atoms with Crippen LogP contribution in [0.15, 0.2) is 12.1 Å². The van der Waals surface area contributed by atoms with Crippen molar-refractivity contribution in [2.24, 2.45) is 11.3 Å². The zero-order chi connectivity index (χ0) is 23.7. The van der Waals surface area contributed by atoms with E-state index in [0.717, 1.165) is 75.8 Å². The number of amides is 1. The Hall–Kier alpha value is -2.15. The largest absolute Gasteiger partial charge is 0.480 e. The Bertz CT molecular complexity index is 790. The van der Waals surface area contributed by atoms with Crippen molar-refractivity contribution in [1.29, 1.82) is 0 Å². The number of pyridine rings is 1. The minimum Gasteiger partial charge on any atom is -0.480 e. The Kier molecular flexibility index (Phi) is 9.53. The molecule has 0 unspecified atom stereocenters. The predicted octanol–water partition coefficient (Wildman–Crippen LogP) is 4.35. The van der Waals surface area contributed by atoms with Gasteiger partial charge in [0.2, 0.25) is 5.91 Å². The minimum atomic E-state index is -0.946.